The van der Waals surface area contributed by atoms with E-state index in [0.717, 1.165) is 18.4 Å². The molecule has 0 fully saturated rings. The first-order valence-electron chi connectivity index (χ1n) is 6.20. The van der Waals surface area contributed by atoms with Crippen LogP contribution in [0.1, 0.15) is 37.8 Å². The van der Waals surface area contributed by atoms with Crippen molar-refractivity contribution in [3.05, 3.63) is 35.9 Å². The average Bonchev–Trinajstić information content (AvgIpc) is 2.37. The number of nitrogens with one attached hydrogen (secondary N) is 1. The second-order valence-electron chi connectivity index (χ2n) is 4.23. The lowest BCUT2D eigenvalue weighted by Gasteiger charge is -2.18. The lowest BCUT2D eigenvalue weighted by molar-refractivity contribution is 0.535. The van der Waals surface area contributed by atoms with E-state index in [2.05, 4.69) is 4.72 Å². The second kappa shape index (κ2) is 7.77. The fourth-order valence-electron chi connectivity index (χ4n) is 1.79. The maximum absolute atomic E-state index is 11.9. The second-order valence-corrected chi connectivity index (χ2v) is 6.48. The van der Waals surface area contributed by atoms with E-state index in [9.17, 15) is 8.42 Å². The molecule has 1 unspecified atom stereocenters. The molecule has 0 heterocycles. The monoisotopic (exact) mass is 289 g/mol. The molecule has 0 saturated carbocycles. The van der Waals surface area contributed by atoms with Gasteiger partial charge in [0, 0.05) is 11.9 Å². The molecule has 5 heteroatoms. The van der Waals surface area contributed by atoms with Crippen LogP contribution in [0.25, 0.3) is 0 Å². The van der Waals surface area contributed by atoms with Gasteiger partial charge in [-0.15, -0.1) is 11.6 Å². The van der Waals surface area contributed by atoms with E-state index in [-0.39, 0.29) is 11.8 Å². The molecule has 0 aliphatic rings. The molecule has 0 amide bonds. The Morgan fingerprint density at radius 1 is 1.28 bits per heavy atom. The third kappa shape index (κ3) is 5.38. The van der Waals surface area contributed by atoms with E-state index in [4.69, 9.17) is 11.6 Å². The Kier molecular flexibility index (Phi) is 6.68. The molecule has 1 atom stereocenters. The number of alkyl halides is 1. The zero-order valence-electron chi connectivity index (χ0n) is 10.6. The van der Waals surface area contributed by atoms with Crippen LogP contribution in [0.2, 0.25) is 0 Å². The molecule has 0 bridgehead atoms. The lowest BCUT2D eigenvalue weighted by atomic mass is 10.0. The van der Waals surface area contributed by atoms with Crippen LogP contribution in [0.3, 0.4) is 0 Å². The molecular formula is C13H20ClNO2S. The van der Waals surface area contributed by atoms with Crippen LogP contribution in [-0.4, -0.2) is 20.1 Å². The summed E-state index contributed by atoms with van der Waals surface area (Å²) in [6, 6.07) is 9.52. The van der Waals surface area contributed by atoms with Crippen LogP contribution in [-0.2, 0) is 10.0 Å². The SMILES string of the molecule is CCCC(NS(=O)(=O)CCCCl)c1ccccc1. The normalized spacial score (nSPS) is 13.4. The van der Waals surface area contributed by atoms with Crippen LogP contribution in [0.5, 0.6) is 0 Å². The van der Waals surface area contributed by atoms with Gasteiger partial charge in [-0.2, -0.15) is 0 Å². The smallest absolute Gasteiger partial charge is 0.212 e. The summed E-state index contributed by atoms with van der Waals surface area (Å²) in [5.74, 6) is 0.453. The van der Waals surface area contributed by atoms with E-state index in [1.807, 2.05) is 37.3 Å². The summed E-state index contributed by atoms with van der Waals surface area (Å²) in [4.78, 5) is 0. The Morgan fingerprint density at radius 2 is 1.94 bits per heavy atom. The molecule has 1 rings (SSSR count). The zero-order chi connectivity index (χ0) is 13.4. The van der Waals surface area contributed by atoms with Gasteiger partial charge in [-0.05, 0) is 18.4 Å². The highest BCUT2D eigenvalue weighted by molar-refractivity contribution is 7.89. The van der Waals surface area contributed by atoms with E-state index >= 15 is 0 Å². The standard InChI is InChI=1S/C13H20ClNO2S/c1-2-7-13(12-8-4-3-5-9-12)15-18(16,17)11-6-10-14/h3-5,8-9,13,15H,2,6-7,10-11H2,1H3. The van der Waals surface area contributed by atoms with Crippen LogP contribution < -0.4 is 4.72 Å². The molecule has 18 heavy (non-hydrogen) atoms. The van der Waals surface area contributed by atoms with Crippen LogP contribution in [0.15, 0.2) is 30.3 Å². The van der Waals surface area contributed by atoms with E-state index in [1.165, 1.54) is 0 Å². The molecule has 102 valence electrons. The molecule has 1 aromatic carbocycles. The highest BCUT2D eigenvalue weighted by Crippen LogP contribution is 2.19. The Hall–Kier alpha value is -0.580. The van der Waals surface area contributed by atoms with Crippen LogP contribution in [0, 0.1) is 0 Å². The Morgan fingerprint density at radius 3 is 2.50 bits per heavy atom. The van der Waals surface area contributed by atoms with Crippen molar-refractivity contribution < 1.29 is 8.42 Å². The fraction of sp³-hybridized carbons (Fsp3) is 0.538. The molecule has 0 saturated heterocycles. The van der Waals surface area contributed by atoms with Crippen molar-refractivity contribution in [1.82, 2.24) is 4.72 Å². The van der Waals surface area contributed by atoms with Crippen molar-refractivity contribution in [2.75, 3.05) is 11.6 Å². The van der Waals surface area contributed by atoms with Crippen molar-refractivity contribution in [3.63, 3.8) is 0 Å². The largest absolute Gasteiger partial charge is 0.212 e. The van der Waals surface area contributed by atoms with Gasteiger partial charge < -0.3 is 0 Å². The predicted octanol–water partition coefficient (Wildman–Crippen LogP) is 3.08. The number of sulfonamides is 1. The van der Waals surface area contributed by atoms with Crippen molar-refractivity contribution in [2.24, 2.45) is 0 Å². The van der Waals surface area contributed by atoms with Gasteiger partial charge in [0.15, 0.2) is 0 Å². The van der Waals surface area contributed by atoms with Crippen LogP contribution in [0.4, 0.5) is 0 Å². The first-order chi connectivity index (χ1) is 8.59. The summed E-state index contributed by atoms with van der Waals surface area (Å²) in [6.45, 7) is 2.04. The van der Waals surface area contributed by atoms with Crippen molar-refractivity contribution >= 4 is 21.6 Å². The highest BCUT2D eigenvalue weighted by atomic mass is 35.5. The summed E-state index contributed by atoms with van der Waals surface area (Å²) in [5.41, 5.74) is 1.01. The van der Waals surface area contributed by atoms with Gasteiger partial charge >= 0.3 is 0 Å². The minimum Gasteiger partial charge on any atom is -0.212 e. The number of rotatable bonds is 8. The molecule has 0 aliphatic heterocycles. The van der Waals surface area contributed by atoms with Crippen LogP contribution >= 0.6 is 11.6 Å². The minimum absolute atomic E-state index is 0.0869. The van der Waals surface area contributed by atoms with Gasteiger partial charge in [-0.3, -0.25) is 0 Å². The third-order valence-electron chi connectivity index (χ3n) is 2.65. The van der Waals surface area contributed by atoms with E-state index < -0.39 is 10.0 Å². The number of benzene rings is 1. The highest BCUT2D eigenvalue weighted by Gasteiger charge is 2.18. The quantitative estimate of drug-likeness (QED) is 0.748. The van der Waals surface area contributed by atoms with Gasteiger partial charge in [0.25, 0.3) is 0 Å². The van der Waals surface area contributed by atoms with Crippen molar-refractivity contribution in [1.29, 1.82) is 0 Å². The summed E-state index contributed by atoms with van der Waals surface area (Å²) in [5, 5.41) is 0. The number of halogens is 1. The first-order valence-corrected chi connectivity index (χ1v) is 8.38. The predicted molar refractivity (Wildman–Crippen MR) is 76.4 cm³/mol. The molecule has 0 aliphatic carbocycles. The molecular weight excluding hydrogens is 270 g/mol. The fourth-order valence-corrected chi connectivity index (χ4v) is 3.41. The number of hydrogen-bond donors (Lipinski definition) is 1. The van der Waals surface area contributed by atoms with Gasteiger partial charge in [0.1, 0.15) is 0 Å². The Balaban J connectivity index is 2.75. The van der Waals surface area contributed by atoms with Crippen molar-refractivity contribution in [2.45, 2.75) is 32.2 Å². The maximum atomic E-state index is 11.9. The maximum Gasteiger partial charge on any atom is 0.212 e. The lowest BCUT2D eigenvalue weighted by Crippen LogP contribution is -2.30. The van der Waals surface area contributed by atoms with E-state index in [1.54, 1.807) is 0 Å². The Labute approximate surface area is 115 Å². The third-order valence-corrected chi connectivity index (χ3v) is 4.38. The summed E-state index contributed by atoms with van der Waals surface area (Å²) in [7, 11) is -3.25. The molecule has 1 N–H and O–H groups in total. The van der Waals surface area contributed by atoms with Gasteiger partial charge in [-0.25, -0.2) is 13.1 Å². The summed E-state index contributed by atoms with van der Waals surface area (Å²) < 4.78 is 26.5. The average molecular weight is 290 g/mol. The zero-order valence-corrected chi connectivity index (χ0v) is 12.2. The molecule has 0 spiro atoms. The topological polar surface area (TPSA) is 46.2 Å². The van der Waals surface area contributed by atoms with E-state index in [0.29, 0.717) is 12.3 Å². The van der Waals surface area contributed by atoms with Crippen molar-refractivity contribution in [3.8, 4) is 0 Å². The summed E-state index contributed by atoms with van der Waals surface area (Å²) >= 11 is 5.53. The van der Waals surface area contributed by atoms with Gasteiger partial charge in [0.05, 0.1) is 5.75 Å². The molecule has 3 nitrogen and oxygen atoms in total. The molecule has 1 aromatic rings. The van der Waals surface area contributed by atoms with Gasteiger partial charge in [0.2, 0.25) is 10.0 Å². The first kappa shape index (κ1) is 15.5. The minimum atomic E-state index is -3.25. The van der Waals surface area contributed by atoms with Gasteiger partial charge in [-0.1, -0.05) is 43.7 Å². The Bertz CT molecular complexity index is 434. The molecule has 0 aromatic heterocycles. The summed E-state index contributed by atoms with van der Waals surface area (Å²) in [6.07, 6.45) is 2.20. The molecule has 0 radical (unpaired) electrons. The number of hydrogen-bond acceptors (Lipinski definition) is 2.